The molecule has 2 aromatic rings. The van der Waals surface area contributed by atoms with Crippen LogP contribution in [-0.4, -0.2) is 15.2 Å². The van der Waals surface area contributed by atoms with Crippen LogP contribution >= 0.6 is 11.8 Å². The Morgan fingerprint density at radius 2 is 2.00 bits per heavy atom. The summed E-state index contributed by atoms with van der Waals surface area (Å²) in [5, 5.41) is 18.4. The van der Waals surface area contributed by atoms with Crippen LogP contribution in [-0.2, 0) is 5.75 Å². The summed E-state index contributed by atoms with van der Waals surface area (Å²) in [4.78, 5) is 4.53. The molecular formula is C13H13NO2S. The van der Waals surface area contributed by atoms with Gasteiger partial charge in [0.05, 0.1) is 0 Å². The number of hydrogen-bond donors (Lipinski definition) is 2. The number of aromatic hydroxyl groups is 2. The van der Waals surface area contributed by atoms with Gasteiger partial charge in [0.1, 0.15) is 0 Å². The second kappa shape index (κ2) is 5.10. The van der Waals surface area contributed by atoms with E-state index in [4.69, 9.17) is 5.11 Å². The predicted octanol–water partition coefficient (Wildman–Crippen LogP) is 3.09. The molecule has 1 heterocycles. The van der Waals surface area contributed by atoms with E-state index in [1.54, 1.807) is 18.0 Å². The Bertz CT molecular complexity index is 529. The minimum Gasteiger partial charge on any atom is -0.503 e. The number of benzene rings is 1. The second-order valence-electron chi connectivity index (χ2n) is 3.73. The van der Waals surface area contributed by atoms with Crippen LogP contribution < -0.4 is 0 Å². The Morgan fingerprint density at radius 3 is 2.71 bits per heavy atom. The van der Waals surface area contributed by atoms with Crippen molar-refractivity contribution in [1.82, 2.24) is 4.98 Å². The number of nitrogens with zero attached hydrogens (tertiary/aromatic N) is 1. The predicted molar refractivity (Wildman–Crippen MR) is 68.3 cm³/mol. The molecule has 2 rings (SSSR count). The van der Waals surface area contributed by atoms with Crippen LogP contribution in [0.1, 0.15) is 11.1 Å². The van der Waals surface area contributed by atoms with Crippen molar-refractivity contribution in [3.05, 3.63) is 47.7 Å². The average Bonchev–Trinajstić information content (AvgIpc) is 2.32. The fourth-order valence-corrected chi connectivity index (χ4v) is 2.41. The van der Waals surface area contributed by atoms with Crippen molar-refractivity contribution in [1.29, 1.82) is 0 Å². The molecule has 0 radical (unpaired) electrons. The van der Waals surface area contributed by atoms with E-state index in [2.05, 4.69) is 24.0 Å². The van der Waals surface area contributed by atoms with Crippen molar-refractivity contribution in [3.8, 4) is 11.6 Å². The molecule has 0 amide bonds. The highest BCUT2D eigenvalue weighted by atomic mass is 32.2. The Hall–Kier alpha value is -1.68. The first kappa shape index (κ1) is 11.8. The minimum atomic E-state index is -0.328. The SMILES string of the molecule is Cc1ccccc1CSc1cnc(O)c(O)c1. The normalized spacial score (nSPS) is 10.4. The van der Waals surface area contributed by atoms with E-state index in [9.17, 15) is 5.11 Å². The molecule has 3 nitrogen and oxygen atoms in total. The lowest BCUT2D eigenvalue weighted by molar-refractivity contribution is 0.387. The molecule has 0 atom stereocenters. The third kappa shape index (κ3) is 2.91. The van der Waals surface area contributed by atoms with E-state index in [-0.39, 0.29) is 11.6 Å². The summed E-state index contributed by atoms with van der Waals surface area (Å²) in [6.07, 6.45) is 1.55. The molecule has 0 aliphatic carbocycles. The van der Waals surface area contributed by atoms with Crippen LogP contribution in [0.25, 0.3) is 0 Å². The number of aryl methyl sites for hydroxylation is 1. The van der Waals surface area contributed by atoms with Crippen LogP contribution in [0.2, 0.25) is 0 Å². The first-order valence-electron chi connectivity index (χ1n) is 5.22. The summed E-state index contributed by atoms with van der Waals surface area (Å²) in [7, 11) is 0. The lowest BCUT2D eigenvalue weighted by Crippen LogP contribution is -1.85. The van der Waals surface area contributed by atoms with Gasteiger partial charge in [-0.15, -0.1) is 11.8 Å². The molecule has 1 aromatic heterocycles. The van der Waals surface area contributed by atoms with Crippen LogP contribution in [0.4, 0.5) is 0 Å². The molecule has 0 bridgehead atoms. The zero-order chi connectivity index (χ0) is 12.3. The summed E-state index contributed by atoms with van der Waals surface area (Å²) in [5.74, 6) is 0.309. The van der Waals surface area contributed by atoms with Gasteiger partial charge >= 0.3 is 0 Å². The van der Waals surface area contributed by atoms with Crippen molar-refractivity contribution in [2.75, 3.05) is 0 Å². The molecule has 0 unspecified atom stereocenters. The molecule has 17 heavy (non-hydrogen) atoms. The highest BCUT2D eigenvalue weighted by Gasteiger charge is 2.04. The second-order valence-corrected chi connectivity index (χ2v) is 4.78. The van der Waals surface area contributed by atoms with Gasteiger partial charge in [-0.05, 0) is 18.1 Å². The Balaban J connectivity index is 2.08. The van der Waals surface area contributed by atoms with Crippen molar-refractivity contribution in [3.63, 3.8) is 0 Å². The maximum atomic E-state index is 9.33. The van der Waals surface area contributed by atoms with E-state index in [0.717, 1.165) is 10.6 Å². The molecule has 4 heteroatoms. The quantitative estimate of drug-likeness (QED) is 0.818. The summed E-state index contributed by atoms with van der Waals surface area (Å²) >= 11 is 1.58. The van der Waals surface area contributed by atoms with Gasteiger partial charge in [-0.25, -0.2) is 4.98 Å². The minimum absolute atomic E-state index is 0.181. The maximum Gasteiger partial charge on any atom is 0.254 e. The van der Waals surface area contributed by atoms with Gasteiger partial charge in [0, 0.05) is 22.9 Å². The highest BCUT2D eigenvalue weighted by Crippen LogP contribution is 2.29. The van der Waals surface area contributed by atoms with Gasteiger partial charge in [-0.1, -0.05) is 24.3 Å². The summed E-state index contributed by atoms with van der Waals surface area (Å²) in [6, 6.07) is 9.69. The Morgan fingerprint density at radius 1 is 1.24 bits per heavy atom. The smallest absolute Gasteiger partial charge is 0.254 e. The largest absolute Gasteiger partial charge is 0.503 e. The Kier molecular flexibility index (Phi) is 3.54. The highest BCUT2D eigenvalue weighted by molar-refractivity contribution is 7.98. The molecule has 0 saturated carbocycles. The molecule has 1 aromatic carbocycles. The maximum absolute atomic E-state index is 9.33. The van der Waals surface area contributed by atoms with E-state index in [0.29, 0.717) is 0 Å². The molecular weight excluding hydrogens is 234 g/mol. The molecule has 2 N–H and O–H groups in total. The fraction of sp³-hybridized carbons (Fsp3) is 0.154. The summed E-state index contributed by atoms with van der Waals surface area (Å²) in [6.45, 7) is 2.07. The summed E-state index contributed by atoms with van der Waals surface area (Å²) in [5.41, 5.74) is 2.50. The van der Waals surface area contributed by atoms with Gasteiger partial charge in [0.2, 0.25) is 0 Å². The van der Waals surface area contributed by atoms with Crippen LogP contribution in [0.15, 0.2) is 41.4 Å². The average molecular weight is 247 g/mol. The monoisotopic (exact) mass is 247 g/mol. The number of thioether (sulfide) groups is 1. The fourth-order valence-electron chi connectivity index (χ4n) is 1.44. The van der Waals surface area contributed by atoms with Crippen LogP contribution in [0.3, 0.4) is 0 Å². The summed E-state index contributed by atoms with van der Waals surface area (Å²) < 4.78 is 0. The number of hydrogen-bond acceptors (Lipinski definition) is 4. The molecule has 88 valence electrons. The molecule has 0 spiro atoms. The van der Waals surface area contributed by atoms with Crippen molar-refractivity contribution in [2.45, 2.75) is 17.6 Å². The third-order valence-electron chi connectivity index (χ3n) is 2.48. The van der Waals surface area contributed by atoms with Gasteiger partial charge in [0.25, 0.3) is 5.88 Å². The van der Waals surface area contributed by atoms with E-state index in [1.807, 2.05) is 12.1 Å². The molecule has 0 fully saturated rings. The lowest BCUT2D eigenvalue weighted by Gasteiger charge is -2.05. The van der Waals surface area contributed by atoms with Gasteiger partial charge in [-0.3, -0.25) is 0 Å². The zero-order valence-electron chi connectivity index (χ0n) is 9.42. The number of pyridine rings is 1. The van der Waals surface area contributed by atoms with Gasteiger partial charge in [0.15, 0.2) is 5.75 Å². The molecule has 0 aliphatic heterocycles. The lowest BCUT2D eigenvalue weighted by atomic mass is 10.1. The third-order valence-corrected chi connectivity index (χ3v) is 3.49. The van der Waals surface area contributed by atoms with E-state index < -0.39 is 0 Å². The topological polar surface area (TPSA) is 53.4 Å². The first-order valence-corrected chi connectivity index (χ1v) is 6.20. The van der Waals surface area contributed by atoms with Crippen molar-refractivity contribution in [2.24, 2.45) is 0 Å². The molecule has 0 aliphatic rings. The van der Waals surface area contributed by atoms with Gasteiger partial charge < -0.3 is 10.2 Å². The first-order chi connectivity index (χ1) is 8.16. The van der Waals surface area contributed by atoms with E-state index in [1.165, 1.54) is 17.2 Å². The number of rotatable bonds is 3. The van der Waals surface area contributed by atoms with Crippen molar-refractivity contribution >= 4 is 11.8 Å². The van der Waals surface area contributed by atoms with Gasteiger partial charge in [-0.2, -0.15) is 0 Å². The molecule has 0 saturated heterocycles. The standard InChI is InChI=1S/C13H13NO2S/c1-9-4-2-3-5-10(9)8-17-11-6-12(15)13(16)14-7-11/h2-7,15H,8H2,1H3,(H,14,16). The zero-order valence-corrected chi connectivity index (χ0v) is 10.2. The number of aromatic nitrogens is 1. The van der Waals surface area contributed by atoms with Crippen molar-refractivity contribution < 1.29 is 10.2 Å². The van der Waals surface area contributed by atoms with E-state index >= 15 is 0 Å². The van der Waals surface area contributed by atoms with Crippen LogP contribution in [0.5, 0.6) is 11.6 Å². The van der Waals surface area contributed by atoms with Crippen LogP contribution in [0, 0.1) is 6.92 Å². The Labute approximate surface area is 104 Å².